The minimum atomic E-state index is -3.89. The number of hydrogen-bond acceptors (Lipinski definition) is 7. The van der Waals surface area contributed by atoms with Gasteiger partial charge in [-0.2, -0.15) is 0 Å². The molecule has 0 fully saturated rings. The third-order valence-corrected chi connectivity index (χ3v) is 5.31. The number of fused-ring (bicyclic) bond motifs is 1. The molecule has 1 aromatic carbocycles. The highest BCUT2D eigenvalue weighted by Crippen LogP contribution is 2.20. The van der Waals surface area contributed by atoms with Crippen LogP contribution in [0, 0.1) is 0 Å². The lowest BCUT2D eigenvalue weighted by molar-refractivity contribution is 0.421. The number of anilines is 1. The highest BCUT2D eigenvalue weighted by molar-refractivity contribution is 7.93. The van der Waals surface area contributed by atoms with E-state index < -0.39 is 21.4 Å². The molecule has 0 aliphatic rings. The van der Waals surface area contributed by atoms with E-state index in [4.69, 9.17) is 0 Å². The molecule has 0 saturated heterocycles. The maximum atomic E-state index is 12.3. The predicted molar refractivity (Wildman–Crippen MR) is 85.3 cm³/mol. The number of aryl methyl sites for hydroxylation is 1. The van der Waals surface area contributed by atoms with Gasteiger partial charge in [0.1, 0.15) is 0 Å². The molecule has 0 amide bonds. The molecule has 0 radical (unpaired) electrons. The molecule has 2 heterocycles. The Hall–Kier alpha value is -2.46. The van der Waals surface area contributed by atoms with Gasteiger partial charge in [0.2, 0.25) is 0 Å². The van der Waals surface area contributed by atoms with Crippen LogP contribution in [-0.2, 0) is 16.6 Å². The molecule has 2 aromatic heterocycles. The molecule has 10 heteroatoms. The van der Waals surface area contributed by atoms with Crippen molar-refractivity contribution in [3.05, 3.63) is 50.7 Å². The maximum Gasteiger partial charge on any atom is 0.422 e. The van der Waals surface area contributed by atoms with E-state index in [-0.39, 0.29) is 15.4 Å². The van der Waals surface area contributed by atoms with Crippen LogP contribution in [0.5, 0.6) is 0 Å². The first kappa shape index (κ1) is 15.4. The fraction of sp³-hybridized carbons (Fsp3) is 0.154. The Morgan fingerprint density at radius 1 is 1.35 bits per heavy atom. The summed E-state index contributed by atoms with van der Waals surface area (Å²) in [7, 11) is -3.89. The average molecular weight is 353 g/mol. The first-order valence-corrected chi connectivity index (χ1v) is 8.88. The Labute approximate surface area is 134 Å². The van der Waals surface area contributed by atoms with Crippen LogP contribution in [0.1, 0.15) is 6.92 Å². The molecule has 0 spiro atoms. The molecular weight excluding hydrogens is 342 g/mol. The van der Waals surface area contributed by atoms with Gasteiger partial charge in [-0.3, -0.25) is 9.29 Å². The van der Waals surface area contributed by atoms with Gasteiger partial charge in [0, 0.05) is 18.1 Å². The number of hydrogen-bond donors (Lipinski definition) is 1. The fourth-order valence-corrected chi connectivity index (χ4v) is 3.93. The largest absolute Gasteiger partial charge is 0.422 e. The number of thiazole rings is 1. The Bertz CT molecular complexity index is 1080. The van der Waals surface area contributed by atoms with Crippen LogP contribution in [0.15, 0.2) is 48.7 Å². The molecule has 0 bridgehead atoms. The monoisotopic (exact) mass is 353 g/mol. The van der Waals surface area contributed by atoms with Crippen molar-refractivity contribution in [3.63, 3.8) is 0 Å². The normalized spacial score (nSPS) is 11.7. The van der Waals surface area contributed by atoms with Gasteiger partial charge in [0.25, 0.3) is 10.0 Å². The van der Waals surface area contributed by atoms with Crippen LogP contribution >= 0.6 is 11.3 Å². The van der Waals surface area contributed by atoms with Crippen molar-refractivity contribution in [1.29, 1.82) is 0 Å². The molecule has 0 aliphatic heterocycles. The van der Waals surface area contributed by atoms with Crippen molar-refractivity contribution in [1.82, 2.24) is 9.55 Å². The van der Waals surface area contributed by atoms with E-state index in [0.29, 0.717) is 12.1 Å². The van der Waals surface area contributed by atoms with Crippen LogP contribution in [-0.4, -0.2) is 18.0 Å². The van der Waals surface area contributed by atoms with E-state index in [9.17, 15) is 18.0 Å². The predicted octanol–water partition coefficient (Wildman–Crippen LogP) is 1.23. The molecule has 3 rings (SSSR count). The van der Waals surface area contributed by atoms with Gasteiger partial charge >= 0.3 is 11.4 Å². The number of rotatable bonds is 4. The van der Waals surface area contributed by atoms with Gasteiger partial charge in [-0.15, -0.1) is 11.3 Å². The van der Waals surface area contributed by atoms with E-state index in [1.807, 2.05) is 0 Å². The summed E-state index contributed by atoms with van der Waals surface area (Å²) >= 11 is 1.13. The Kier molecular flexibility index (Phi) is 3.78. The van der Waals surface area contributed by atoms with Crippen molar-refractivity contribution < 1.29 is 12.8 Å². The van der Waals surface area contributed by atoms with Crippen molar-refractivity contribution in [3.8, 4) is 0 Å². The molecule has 0 atom stereocenters. The standard InChI is InChI=1S/C13H11N3O5S2/c1-2-16-10-4-3-8(7-9(10)11(17)21-13(16)18)23(19,20)15-12-14-5-6-22-12/h3-7H,2H2,1H3,(H,14,15). The third kappa shape index (κ3) is 2.78. The van der Waals surface area contributed by atoms with Gasteiger partial charge < -0.3 is 4.42 Å². The van der Waals surface area contributed by atoms with Crippen LogP contribution in [0.25, 0.3) is 10.9 Å². The number of nitrogens with one attached hydrogen (secondary N) is 1. The van der Waals surface area contributed by atoms with Gasteiger partial charge in [-0.05, 0) is 25.1 Å². The number of sulfonamides is 1. The van der Waals surface area contributed by atoms with Crippen molar-refractivity contribution in [2.24, 2.45) is 0 Å². The van der Waals surface area contributed by atoms with Crippen molar-refractivity contribution >= 4 is 37.4 Å². The van der Waals surface area contributed by atoms with Crippen LogP contribution in [0.4, 0.5) is 5.13 Å². The second-order valence-corrected chi connectivity index (χ2v) is 7.10. The first-order valence-electron chi connectivity index (χ1n) is 6.52. The quantitative estimate of drug-likeness (QED) is 0.755. The zero-order valence-corrected chi connectivity index (χ0v) is 13.5. The Morgan fingerprint density at radius 3 is 2.78 bits per heavy atom. The zero-order valence-electron chi connectivity index (χ0n) is 11.8. The third-order valence-electron chi connectivity index (χ3n) is 3.16. The second kappa shape index (κ2) is 5.63. The Morgan fingerprint density at radius 2 is 2.13 bits per heavy atom. The molecule has 1 N–H and O–H groups in total. The highest BCUT2D eigenvalue weighted by atomic mass is 32.2. The molecule has 0 unspecified atom stereocenters. The van der Waals surface area contributed by atoms with Crippen molar-refractivity contribution in [2.75, 3.05) is 4.72 Å². The van der Waals surface area contributed by atoms with Gasteiger partial charge in [-0.1, -0.05) is 0 Å². The van der Waals surface area contributed by atoms with Crippen LogP contribution in [0.3, 0.4) is 0 Å². The molecule has 120 valence electrons. The first-order chi connectivity index (χ1) is 10.9. The summed E-state index contributed by atoms with van der Waals surface area (Å²) in [6.45, 7) is 2.01. The summed E-state index contributed by atoms with van der Waals surface area (Å²) in [5.41, 5.74) is -0.553. The minimum absolute atomic E-state index is 0.0217. The van der Waals surface area contributed by atoms with Crippen LogP contribution in [0.2, 0.25) is 0 Å². The van der Waals surface area contributed by atoms with Gasteiger partial charge in [0.05, 0.1) is 15.8 Å². The van der Waals surface area contributed by atoms with Gasteiger partial charge in [0.15, 0.2) is 5.13 Å². The van der Waals surface area contributed by atoms with E-state index in [2.05, 4.69) is 14.1 Å². The second-order valence-electron chi connectivity index (χ2n) is 4.52. The van der Waals surface area contributed by atoms with E-state index >= 15 is 0 Å². The summed E-state index contributed by atoms with van der Waals surface area (Å²) in [5.74, 6) is -0.776. The zero-order chi connectivity index (χ0) is 16.6. The van der Waals surface area contributed by atoms with Gasteiger partial charge in [-0.25, -0.2) is 23.0 Å². The summed E-state index contributed by atoms with van der Waals surface area (Å²) in [6.07, 6.45) is 1.47. The summed E-state index contributed by atoms with van der Waals surface area (Å²) in [5, 5.41) is 1.87. The molecule has 3 aromatic rings. The van der Waals surface area contributed by atoms with E-state index in [1.165, 1.54) is 29.0 Å². The summed E-state index contributed by atoms with van der Waals surface area (Å²) < 4.78 is 32.8. The number of aromatic nitrogens is 2. The molecule has 0 saturated carbocycles. The SMILES string of the molecule is CCn1c(=O)oc(=O)c2cc(S(=O)(=O)Nc3nccs3)ccc21. The molecule has 0 aliphatic carbocycles. The lowest BCUT2D eigenvalue weighted by Gasteiger charge is -2.08. The maximum absolute atomic E-state index is 12.3. The number of benzene rings is 1. The van der Waals surface area contributed by atoms with Crippen LogP contribution < -0.4 is 16.1 Å². The molecule has 23 heavy (non-hydrogen) atoms. The highest BCUT2D eigenvalue weighted by Gasteiger charge is 2.18. The topological polar surface area (TPSA) is 111 Å². The van der Waals surface area contributed by atoms with E-state index in [1.54, 1.807) is 12.3 Å². The van der Waals surface area contributed by atoms with E-state index in [0.717, 1.165) is 11.3 Å². The summed E-state index contributed by atoms with van der Waals surface area (Å²) in [6, 6.07) is 3.92. The summed E-state index contributed by atoms with van der Waals surface area (Å²) in [4.78, 5) is 27.2. The Balaban J connectivity index is 2.17. The number of nitrogens with zero attached hydrogens (tertiary/aromatic N) is 2. The fourth-order valence-electron chi connectivity index (χ4n) is 2.12. The van der Waals surface area contributed by atoms with Crippen molar-refractivity contribution in [2.45, 2.75) is 18.4 Å². The lowest BCUT2D eigenvalue weighted by Crippen LogP contribution is -2.24. The average Bonchev–Trinajstić information content (AvgIpc) is 2.99. The lowest BCUT2D eigenvalue weighted by atomic mass is 10.2. The smallest absolute Gasteiger partial charge is 0.372 e. The molecule has 8 nitrogen and oxygen atoms in total. The molecular formula is C13H11N3O5S2. The minimum Gasteiger partial charge on any atom is -0.372 e.